The van der Waals surface area contributed by atoms with Gasteiger partial charge in [-0.05, 0) is 52.5 Å². The number of hydrogen-bond donors (Lipinski definition) is 6. The maximum atomic E-state index is 10.2. The normalized spacial score (nSPS) is 11.2. The molecule has 0 saturated heterocycles. The summed E-state index contributed by atoms with van der Waals surface area (Å²) in [5, 5.41) is 59.1. The summed E-state index contributed by atoms with van der Waals surface area (Å²) in [6, 6.07) is 20.9. The van der Waals surface area contributed by atoms with E-state index in [2.05, 4.69) is 9.80 Å². The minimum Gasteiger partial charge on any atom is -0.504 e. The molecule has 4 rings (SSSR count). The van der Waals surface area contributed by atoms with Crippen LogP contribution in [0.3, 0.4) is 0 Å². The van der Waals surface area contributed by atoms with Gasteiger partial charge in [-0.15, -0.1) is 0 Å². The number of phenolic OH excluding ortho intramolecular Hbond substituents is 6. The van der Waals surface area contributed by atoms with E-state index in [-0.39, 0.29) is 34.5 Å². The number of aromatic hydroxyl groups is 6. The summed E-state index contributed by atoms with van der Waals surface area (Å²) in [6.07, 6.45) is 0. The van der Waals surface area contributed by atoms with Gasteiger partial charge in [0.15, 0.2) is 46.0 Å². The Morgan fingerprint density at radius 2 is 0.660 bits per heavy atom. The number of ether oxygens (including phenoxy) is 2. The predicted octanol–water partition coefficient (Wildman–Crippen LogP) is 4.75. The molecule has 272 valence electrons. The molecule has 0 aliphatic rings. The van der Waals surface area contributed by atoms with Crippen LogP contribution in [0.1, 0.15) is 22.3 Å². The fourth-order valence-electron chi connectivity index (χ4n) is 5.29. The second-order valence-electron chi connectivity index (χ2n) is 12.5. The van der Waals surface area contributed by atoms with Crippen LogP contribution in [-0.2, 0) is 26.2 Å². The SMILES string of the molecule is CN(CCN(C)Cc1cccc(O)c1O)Cc1cccc(O)c1O.COc1cccc(CN(C)CCN(C)Cc2cccc(OC)c2O)c1O. The quantitative estimate of drug-likeness (QED) is 0.0899. The van der Waals surface area contributed by atoms with E-state index in [4.69, 9.17) is 9.47 Å². The van der Waals surface area contributed by atoms with Crippen LogP contribution in [-0.4, -0.2) is 119 Å². The minimum atomic E-state index is -0.114. The van der Waals surface area contributed by atoms with Crippen molar-refractivity contribution >= 4 is 0 Å². The van der Waals surface area contributed by atoms with Crippen LogP contribution >= 0.6 is 0 Å². The first kappa shape index (κ1) is 39.6. The van der Waals surface area contributed by atoms with Crippen LogP contribution < -0.4 is 9.47 Å². The Morgan fingerprint density at radius 1 is 0.400 bits per heavy atom. The Hall–Kier alpha value is -4.88. The van der Waals surface area contributed by atoms with Gasteiger partial charge in [0, 0.05) is 74.6 Å². The van der Waals surface area contributed by atoms with Gasteiger partial charge in [-0.3, -0.25) is 0 Å². The average Bonchev–Trinajstić information content (AvgIpc) is 3.09. The van der Waals surface area contributed by atoms with E-state index in [0.717, 1.165) is 37.3 Å². The van der Waals surface area contributed by atoms with Crippen LogP contribution in [0.5, 0.6) is 46.0 Å². The summed E-state index contributed by atoms with van der Waals surface area (Å²) < 4.78 is 10.3. The molecule has 0 unspecified atom stereocenters. The van der Waals surface area contributed by atoms with E-state index < -0.39 is 0 Å². The fourth-order valence-corrected chi connectivity index (χ4v) is 5.29. The molecule has 6 N–H and O–H groups in total. The van der Waals surface area contributed by atoms with Crippen molar-refractivity contribution < 1.29 is 40.1 Å². The van der Waals surface area contributed by atoms with E-state index in [9.17, 15) is 30.6 Å². The van der Waals surface area contributed by atoms with Crippen molar-refractivity contribution in [3.8, 4) is 46.0 Å². The number of hydrogen-bond acceptors (Lipinski definition) is 12. The lowest BCUT2D eigenvalue weighted by atomic mass is 10.1. The highest BCUT2D eigenvalue weighted by Gasteiger charge is 2.14. The number of benzene rings is 4. The summed E-state index contributed by atoms with van der Waals surface area (Å²) in [7, 11) is 11.0. The van der Waals surface area contributed by atoms with Crippen LogP contribution in [0.15, 0.2) is 72.8 Å². The zero-order valence-corrected chi connectivity index (χ0v) is 29.9. The molecule has 0 atom stereocenters. The third kappa shape index (κ3) is 11.6. The molecule has 0 bridgehead atoms. The Morgan fingerprint density at radius 3 is 0.940 bits per heavy atom. The van der Waals surface area contributed by atoms with Crippen LogP contribution in [0.25, 0.3) is 0 Å². The molecule has 0 aliphatic heterocycles. The van der Waals surface area contributed by atoms with Crippen LogP contribution in [0, 0.1) is 0 Å². The molecular weight excluding hydrogens is 640 g/mol. The van der Waals surface area contributed by atoms with Crippen molar-refractivity contribution in [1.82, 2.24) is 19.6 Å². The zero-order chi connectivity index (χ0) is 36.8. The molecule has 0 amide bonds. The van der Waals surface area contributed by atoms with Gasteiger partial charge in [-0.25, -0.2) is 0 Å². The number of nitrogens with zero attached hydrogens (tertiary/aromatic N) is 4. The molecule has 0 aromatic heterocycles. The van der Waals surface area contributed by atoms with Crippen LogP contribution in [0.4, 0.5) is 0 Å². The highest BCUT2D eigenvalue weighted by atomic mass is 16.5. The minimum absolute atomic E-state index is 0.0811. The van der Waals surface area contributed by atoms with Crippen molar-refractivity contribution in [2.45, 2.75) is 26.2 Å². The fraction of sp³-hybridized carbons (Fsp3) is 0.368. The standard InChI is InChI=1S/C20H28N2O4.C18H24N2O4/c1-21(13-15-7-5-9-17(25-3)19(15)23)11-12-22(2)14-16-8-6-10-18(26-4)20(16)24;1-19(11-13-5-3-7-15(21)17(13)23)9-10-20(2)12-14-6-4-8-16(22)18(14)24/h5-10,23-24H,11-14H2,1-4H3;3-8,21-24H,9-12H2,1-2H3. The van der Waals surface area contributed by atoms with Gasteiger partial charge >= 0.3 is 0 Å². The summed E-state index contributed by atoms with van der Waals surface area (Å²) in [4.78, 5) is 8.34. The summed E-state index contributed by atoms with van der Waals surface area (Å²) in [5.41, 5.74) is 3.01. The average molecular weight is 693 g/mol. The van der Waals surface area contributed by atoms with Gasteiger partial charge in [-0.2, -0.15) is 0 Å². The second-order valence-corrected chi connectivity index (χ2v) is 12.5. The first-order valence-corrected chi connectivity index (χ1v) is 16.3. The van der Waals surface area contributed by atoms with Crippen molar-refractivity contribution in [2.24, 2.45) is 0 Å². The van der Waals surface area contributed by atoms with Gasteiger partial charge in [0.1, 0.15) is 0 Å². The van der Waals surface area contributed by atoms with Gasteiger partial charge in [0.2, 0.25) is 0 Å². The number of methoxy groups -OCH3 is 2. The lowest BCUT2D eigenvalue weighted by Gasteiger charge is -2.23. The molecule has 0 heterocycles. The molecule has 4 aromatic rings. The Balaban J connectivity index is 0.000000271. The Bertz CT molecular complexity index is 1530. The topological polar surface area (TPSA) is 153 Å². The summed E-state index contributed by atoms with van der Waals surface area (Å²) in [5.74, 6) is 0.968. The molecule has 12 heteroatoms. The molecule has 0 radical (unpaired) electrons. The number of para-hydroxylation sites is 4. The number of likely N-dealkylation sites (N-methyl/N-ethyl adjacent to an activating group) is 4. The molecule has 0 aliphatic carbocycles. The second kappa shape index (κ2) is 19.3. The van der Waals surface area contributed by atoms with Crippen molar-refractivity contribution in [2.75, 3.05) is 68.6 Å². The van der Waals surface area contributed by atoms with Gasteiger partial charge in [0.05, 0.1) is 14.2 Å². The molecule has 50 heavy (non-hydrogen) atoms. The summed E-state index contributed by atoms with van der Waals surface area (Å²) in [6.45, 7) is 5.41. The van der Waals surface area contributed by atoms with Gasteiger partial charge < -0.3 is 59.7 Å². The van der Waals surface area contributed by atoms with Crippen molar-refractivity contribution in [3.05, 3.63) is 95.1 Å². The van der Waals surface area contributed by atoms with E-state index >= 15 is 0 Å². The molecule has 12 nitrogen and oxygen atoms in total. The van der Waals surface area contributed by atoms with Gasteiger partial charge in [-0.1, -0.05) is 48.5 Å². The monoisotopic (exact) mass is 692 g/mol. The van der Waals surface area contributed by atoms with E-state index in [1.165, 1.54) is 12.1 Å². The third-order valence-corrected chi connectivity index (χ3v) is 8.29. The molecular formula is C38H52N4O8. The van der Waals surface area contributed by atoms with Crippen LogP contribution in [0.2, 0.25) is 0 Å². The summed E-state index contributed by atoms with van der Waals surface area (Å²) >= 11 is 0. The third-order valence-electron chi connectivity index (χ3n) is 8.29. The largest absolute Gasteiger partial charge is 0.504 e. The zero-order valence-electron chi connectivity index (χ0n) is 29.9. The predicted molar refractivity (Wildman–Crippen MR) is 194 cm³/mol. The van der Waals surface area contributed by atoms with E-state index in [1.807, 2.05) is 62.3 Å². The maximum absolute atomic E-state index is 10.2. The first-order chi connectivity index (χ1) is 23.8. The lowest BCUT2D eigenvalue weighted by molar-refractivity contribution is 0.242. The van der Waals surface area contributed by atoms with E-state index in [0.29, 0.717) is 48.8 Å². The Labute approximate surface area is 295 Å². The number of phenols is 6. The Kier molecular flexibility index (Phi) is 15.3. The maximum Gasteiger partial charge on any atom is 0.162 e. The highest BCUT2D eigenvalue weighted by Crippen LogP contribution is 2.32. The van der Waals surface area contributed by atoms with E-state index in [1.54, 1.807) is 50.6 Å². The molecule has 0 fully saturated rings. The van der Waals surface area contributed by atoms with Gasteiger partial charge in [0.25, 0.3) is 0 Å². The van der Waals surface area contributed by atoms with Crippen molar-refractivity contribution in [3.63, 3.8) is 0 Å². The smallest absolute Gasteiger partial charge is 0.162 e. The molecule has 0 saturated carbocycles. The first-order valence-electron chi connectivity index (χ1n) is 16.3. The molecule has 4 aromatic carbocycles. The van der Waals surface area contributed by atoms with Crippen molar-refractivity contribution in [1.29, 1.82) is 0 Å². The lowest BCUT2D eigenvalue weighted by Crippen LogP contribution is -2.30. The highest BCUT2D eigenvalue weighted by molar-refractivity contribution is 5.47. The molecule has 0 spiro atoms. The number of rotatable bonds is 16.